The van der Waals surface area contributed by atoms with E-state index in [9.17, 15) is 0 Å². The second kappa shape index (κ2) is 4.40. The first-order valence-electron chi connectivity index (χ1n) is 4.71. The lowest BCUT2D eigenvalue weighted by atomic mass is 9.93. The van der Waals surface area contributed by atoms with Crippen molar-refractivity contribution in [3.8, 4) is 0 Å². The van der Waals surface area contributed by atoms with Crippen molar-refractivity contribution in [2.75, 3.05) is 6.54 Å². The molecule has 1 rings (SSSR count). The molecule has 0 bridgehead atoms. The summed E-state index contributed by atoms with van der Waals surface area (Å²) in [7, 11) is 0. The van der Waals surface area contributed by atoms with Crippen LogP contribution in [0.25, 0.3) is 0 Å². The first kappa shape index (κ1) is 10.2. The molecular formula is C11H18N2. The molecule has 4 N–H and O–H groups in total. The summed E-state index contributed by atoms with van der Waals surface area (Å²) >= 11 is 0. The van der Waals surface area contributed by atoms with Crippen LogP contribution < -0.4 is 11.5 Å². The Bertz CT molecular complexity index is 269. The summed E-state index contributed by atoms with van der Waals surface area (Å²) in [4.78, 5) is 0. The Morgan fingerprint density at radius 2 is 1.69 bits per heavy atom. The Morgan fingerprint density at radius 3 is 2.15 bits per heavy atom. The Balaban J connectivity index is 3.04. The molecule has 0 aromatic heterocycles. The zero-order chi connectivity index (χ0) is 9.84. The highest BCUT2D eigenvalue weighted by Crippen LogP contribution is 2.22. The van der Waals surface area contributed by atoms with E-state index in [1.807, 2.05) is 12.1 Å². The Morgan fingerprint density at radius 1 is 1.15 bits per heavy atom. The molecule has 0 unspecified atom stereocenters. The van der Waals surface area contributed by atoms with Gasteiger partial charge in [0.2, 0.25) is 0 Å². The second-order valence-corrected chi connectivity index (χ2v) is 3.63. The summed E-state index contributed by atoms with van der Waals surface area (Å²) in [6, 6.07) is 8.21. The Kier molecular flexibility index (Phi) is 3.46. The van der Waals surface area contributed by atoms with Crippen molar-refractivity contribution >= 4 is 0 Å². The van der Waals surface area contributed by atoms with E-state index in [1.54, 1.807) is 0 Å². The molecule has 0 radical (unpaired) electrons. The van der Waals surface area contributed by atoms with E-state index in [0.29, 0.717) is 12.5 Å². The van der Waals surface area contributed by atoms with Crippen LogP contribution in [0.2, 0.25) is 0 Å². The molecule has 0 spiro atoms. The van der Waals surface area contributed by atoms with E-state index in [0.717, 1.165) is 0 Å². The molecule has 0 amide bonds. The predicted octanol–water partition coefficient (Wildman–Crippen LogP) is 1.77. The monoisotopic (exact) mass is 178 g/mol. The molecule has 1 aromatic carbocycles. The Hall–Kier alpha value is -0.860. The van der Waals surface area contributed by atoms with Gasteiger partial charge in [0, 0.05) is 12.6 Å². The molecule has 13 heavy (non-hydrogen) atoms. The van der Waals surface area contributed by atoms with Crippen LogP contribution in [-0.4, -0.2) is 6.54 Å². The maximum Gasteiger partial charge on any atom is 0.0422 e. The largest absolute Gasteiger partial charge is 0.329 e. The zero-order valence-corrected chi connectivity index (χ0v) is 8.33. The number of hydrogen-bond acceptors (Lipinski definition) is 2. The number of benzene rings is 1. The van der Waals surface area contributed by atoms with Gasteiger partial charge in [-0.25, -0.2) is 0 Å². The average molecular weight is 178 g/mol. The van der Waals surface area contributed by atoms with Gasteiger partial charge in [0.05, 0.1) is 0 Å². The van der Waals surface area contributed by atoms with Gasteiger partial charge >= 0.3 is 0 Å². The van der Waals surface area contributed by atoms with Crippen molar-refractivity contribution in [3.05, 3.63) is 35.4 Å². The molecule has 0 aliphatic heterocycles. The van der Waals surface area contributed by atoms with Gasteiger partial charge in [0.25, 0.3) is 0 Å². The van der Waals surface area contributed by atoms with Crippen LogP contribution in [0.1, 0.15) is 36.9 Å². The lowest BCUT2D eigenvalue weighted by Crippen LogP contribution is -2.22. The third-order valence-corrected chi connectivity index (χ3v) is 2.27. The molecule has 0 saturated carbocycles. The van der Waals surface area contributed by atoms with Crippen LogP contribution in [0.4, 0.5) is 0 Å². The fraction of sp³-hybridized carbons (Fsp3) is 0.455. The molecule has 0 aliphatic carbocycles. The molecule has 1 aromatic rings. The van der Waals surface area contributed by atoms with E-state index in [-0.39, 0.29) is 6.04 Å². The summed E-state index contributed by atoms with van der Waals surface area (Å²) in [6.45, 7) is 4.84. The average Bonchev–Trinajstić information content (AvgIpc) is 2.16. The topological polar surface area (TPSA) is 52.0 Å². The van der Waals surface area contributed by atoms with Crippen LogP contribution in [0.5, 0.6) is 0 Å². The van der Waals surface area contributed by atoms with E-state index >= 15 is 0 Å². The molecule has 0 heterocycles. The Labute approximate surface area is 79.9 Å². The van der Waals surface area contributed by atoms with Gasteiger partial charge in [0.15, 0.2) is 0 Å². The maximum atomic E-state index is 5.91. The standard InChI is InChI=1S/C11H18N2/c1-8(2)9-5-3-4-6-10(9)11(13)7-12/h3-6,8,11H,7,12-13H2,1-2H3/t11-/m0/s1. The van der Waals surface area contributed by atoms with Crippen LogP contribution in [-0.2, 0) is 0 Å². The smallest absolute Gasteiger partial charge is 0.0422 e. The summed E-state index contributed by atoms with van der Waals surface area (Å²) in [6.07, 6.45) is 0. The van der Waals surface area contributed by atoms with Crippen LogP contribution in [0, 0.1) is 0 Å². The van der Waals surface area contributed by atoms with Crippen LogP contribution in [0.15, 0.2) is 24.3 Å². The fourth-order valence-corrected chi connectivity index (χ4v) is 1.50. The molecule has 0 aliphatic rings. The number of hydrogen-bond donors (Lipinski definition) is 2. The third kappa shape index (κ3) is 2.29. The molecule has 0 saturated heterocycles. The van der Waals surface area contributed by atoms with Gasteiger partial charge in [-0.15, -0.1) is 0 Å². The lowest BCUT2D eigenvalue weighted by Gasteiger charge is -2.16. The fourth-order valence-electron chi connectivity index (χ4n) is 1.50. The maximum absolute atomic E-state index is 5.91. The van der Waals surface area contributed by atoms with Gasteiger partial charge in [0.1, 0.15) is 0 Å². The summed E-state index contributed by atoms with van der Waals surface area (Å²) in [5, 5.41) is 0. The van der Waals surface area contributed by atoms with Gasteiger partial charge < -0.3 is 11.5 Å². The van der Waals surface area contributed by atoms with Crippen molar-refractivity contribution in [2.24, 2.45) is 11.5 Å². The summed E-state index contributed by atoms with van der Waals surface area (Å²) in [5.74, 6) is 0.508. The molecule has 72 valence electrons. The van der Waals surface area contributed by atoms with Gasteiger partial charge in [-0.2, -0.15) is 0 Å². The minimum Gasteiger partial charge on any atom is -0.329 e. The zero-order valence-electron chi connectivity index (χ0n) is 8.33. The summed E-state index contributed by atoms with van der Waals surface area (Å²) in [5.41, 5.74) is 13.9. The van der Waals surface area contributed by atoms with Gasteiger partial charge in [-0.05, 0) is 17.0 Å². The first-order chi connectivity index (χ1) is 6.16. The molecular weight excluding hydrogens is 160 g/mol. The minimum absolute atomic E-state index is 0.0291. The molecule has 0 fully saturated rings. The van der Waals surface area contributed by atoms with Gasteiger partial charge in [-0.3, -0.25) is 0 Å². The molecule has 1 atom stereocenters. The van der Waals surface area contributed by atoms with Gasteiger partial charge in [-0.1, -0.05) is 38.1 Å². The lowest BCUT2D eigenvalue weighted by molar-refractivity contribution is 0.710. The number of nitrogens with two attached hydrogens (primary N) is 2. The highest BCUT2D eigenvalue weighted by atomic mass is 14.7. The highest BCUT2D eigenvalue weighted by Gasteiger charge is 2.10. The minimum atomic E-state index is -0.0291. The van der Waals surface area contributed by atoms with E-state index in [4.69, 9.17) is 11.5 Å². The second-order valence-electron chi connectivity index (χ2n) is 3.63. The highest BCUT2D eigenvalue weighted by molar-refractivity contribution is 5.32. The molecule has 2 heteroatoms. The quantitative estimate of drug-likeness (QED) is 0.741. The van der Waals surface area contributed by atoms with Crippen molar-refractivity contribution in [1.29, 1.82) is 0 Å². The van der Waals surface area contributed by atoms with Crippen molar-refractivity contribution < 1.29 is 0 Å². The van der Waals surface area contributed by atoms with Crippen LogP contribution in [0.3, 0.4) is 0 Å². The first-order valence-corrected chi connectivity index (χ1v) is 4.71. The van der Waals surface area contributed by atoms with Crippen molar-refractivity contribution in [3.63, 3.8) is 0 Å². The van der Waals surface area contributed by atoms with E-state index in [1.165, 1.54) is 11.1 Å². The predicted molar refractivity (Wildman–Crippen MR) is 56.5 cm³/mol. The molecule has 2 nitrogen and oxygen atoms in total. The third-order valence-electron chi connectivity index (χ3n) is 2.27. The van der Waals surface area contributed by atoms with Crippen LogP contribution >= 0.6 is 0 Å². The van der Waals surface area contributed by atoms with Crippen molar-refractivity contribution in [2.45, 2.75) is 25.8 Å². The normalized spacial score (nSPS) is 13.3. The van der Waals surface area contributed by atoms with E-state index < -0.39 is 0 Å². The SMILES string of the molecule is CC(C)c1ccccc1[C@@H](N)CN. The van der Waals surface area contributed by atoms with E-state index in [2.05, 4.69) is 26.0 Å². The van der Waals surface area contributed by atoms with Crippen molar-refractivity contribution in [1.82, 2.24) is 0 Å². The summed E-state index contributed by atoms with van der Waals surface area (Å²) < 4.78 is 0. The number of rotatable bonds is 3.